The van der Waals surface area contributed by atoms with Gasteiger partial charge in [-0.15, -0.1) is 0 Å². The Hall–Kier alpha value is -2.78. The zero-order valence-corrected chi connectivity index (χ0v) is 14.5. The smallest absolute Gasteiger partial charge is 0.370 e. The molecule has 0 aromatic heterocycles. The van der Waals surface area contributed by atoms with Crippen LogP contribution in [0.15, 0.2) is 20.0 Å². The Morgan fingerprint density at radius 2 is 0.808 bits per heavy atom. The van der Waals surface area contributed by atoms with Crippen LogP contribution in [0.3, 0.4) is 0 Å². The highest BCUT2D eigenvalue weighted by atomic mass is 32.3. The molecule has 0 unspecified atom stereocenters. The van der Waals surface area contributed by atoms with Gasteiger partial charge in [0.25, 0.3) is 0 Å². The number of guanidine groups is 4. The molecule has 0 rings (SSSR count). The van der Waals surface area contributed by atoms with Crippen LogP contribution in [-0.4, -0.2) is 72.0 Å². The molecule has 0 radical (unpaired) electrons. The van der Waals surface area contributed by atoms with Gasteiger partial charge in [-0.2, -0.15) is 26.8 Å². The Bertz CT molecular complexity index is 651. The van der Waals surface area contributed by atoms with Crippen molar-refractivity contribution in [3.63, 3.8) is 0 Å². The molecule has 154 valence electrons. The Morgan fingerprint density at radius 1 is 0.615 bits per heavy atom. The Morgan fingerprint density at radius 3 is 0.962 bits per heavy atom. The molecular formula is C6H20N10O8S2. The zero-order valence-electron chi connectivity index (χ0n) is 12.9. The lowest BCUT2D eigenvalue weighted by molar-refractivity contribution is 0.378. The van der Waals surface area contributed by atoms with Gasteiger partial charge in [-0.1, -0.05) is 0 Å². The van der Waals surface area contributed by atoms with Crippen LogP contribution < -0.4 is 34.4 Å². The highest BCUT2D eigenvalue weighted by molar-refractivity contribution is 7.80. The van der Waals surface area contributed by atoms with E-state index in [2.05, 4.69) is 20.0 Å². The normalized spacial score (nSPS) is 11.8. The standard InChI is InChI=1S/C6H16N10.2H2O4S/c7-3(8)15-5(11)13-1-2-14-6(12)16-4(9)10;2*1-5(2,3)4/h1-2H2,(H6,7,8,11,13,15)(H6,9,10,12,14,16);2*(H2,1,2,3,4). The van der Waals surface area contributed by atoms with Gasteiger partial charge in [0, 0.05) is 0 Å². The third-order valence-electron chi connectivity index (χ3n) is 1.13. The van der Waals surface area contributed by atoms with Crippen LogP contribution in [0.25, 0.3) is 0 Å². The maximum Gasteiger partial charge on any atom is 0.394 e. The topological polar surface area (TPSA) is 355 Å². The number of rotatable bonds is 3. The second kappa shape index (κ2) is 13.5. The van der Waals surface area contributed by atoms with Gasteiger partial charge >= 0.3 is 20.8 Å². The summed E-state index contributed by atoms with van der Waals surface area (Å²) in [6.07, 6.45) is 0. The van der Waals surface area contributed by atoms with Gasteiger partial charge in [-0.25, -0.2) is 9.98 Å². The minimum absolute atomic E-state index is 0.0318. The number of aliphatic imine (C=N–C) groups is 4. The molecule has 20 heteroatoms. The van der Waals surface area contributed by atoms with Crippen molar-refractivity contribution in [1.82, 2.24) is 0 Å². The van der Waals surface area contributed by atoms with Crippen LogP contribution in [-0.2, 0) is 20.8 Å². The van der Waals surface area contributed by atoms with Crippen LogP contribution in [0.5, 0.6) is 0 Å². The fourth-order valence-electron chi connectivity index (χ4n) is 0.664. The molecule has 0 bridgehead atoms. The quantitative estimate of drug-likeness (QED) is 0.0875. The van der Waals surface area contributed by atoms with Gasteiger partial charge in [-0.05, 0) is 0 Å². The van der Waals surface area contributed by atoms with Crippen molar-refractivity contribution in [3.8, 4) is 0 Å². The summed E-state index contributed by atoms with van der Waals surface area (Å²) in [7, 11) is -9.33. The van der Waals surface area contributed by atoms with E-state index >= 15 is 0 Å². The van der Waals surface area contributed by atoms with Crippen molar-refractivity contribution in [2.45, 2.75) is 0 Å². The Balaban J connectivity index is -0.000000433. The molecule has 0 aromatic carbocycles. The molecule has 0 heterocycles. The lowest BCUT2D eigenvalue weighted by Crippen LogP contribution is -2.27. The second-order valence-electron chi connectivity index (χ2n) is 3.45. The maximum absolute atomic E-state index is 8.74. The molecule has 0 fully saturated rings. The minimum Gasteiger partial charge on any atom is -0.370 e. The maximum atomic E-state index is 8.74. The molecule has 0 spiro atoms. The van der Waals surface area contributed by atoms with Gasteiger partial charge in [0.1, 0.15) is 0 Å². The van der Waals surface area contributed by atoms with Crippen molar-refractivity contribution in [3.05, 3.63) is 0 Å². The molecule has 0 atom stereocenters. The van der Waals surface area contributed by atoms with Gasteiger partial charge in [0.2, 0.25) is 11.9 Å². The lowest BCUT2D eigenvalue weighted by Gasteiger charge is -1.95. The molecule has 16 N–H and O–H groups in total. The fraction of sp³-hybridized carbons (Fsp3) is 0.333. The first-order valence-corrected chi connectivity index (χ1v) is 8.40. The zero-order chi connectivity index (χ0) is 21.6. The van der Waals surface area contributed by atoms with Gasteiger partial charge in [-0.3, -0.25) is 18.2 Å². The van der Waals surface area contributed by atoms with Crippen LogP contribution in [0.2, 0.25) is 0 Å². The van der Waals surface area contributed by atoms with Crippen molar-refractivity contribution >= 4 is 44.6 Å². The van der Waals surface area contributed by atoms with E-state index in [4.69, 9.17) is 69.4 Å². The lowest BCUT2D eigenvalue weighted by atomic mass is 10.6. The van der Waals surface area contributed by atoms with Crippen molar-refractivity contribution in [2.24, 2.45) is 54.4 Å². The first-order chi connectivity index (χ1) is 11.4. The van der Waals surface area contributed by atoms with E-state index < -0.39 is 20.8 Å². The monoisotopic (exact) mass is 424 g/mol. The SMILES string of the molecule is NC(N)=NC(N)=NCCN=C(N)N=C(N)N.O=S(=O)(O)O.O=S(=O)(O)O. The number of hydrogen-bond donors (Lipinski definition) is 10. The summed E-state index contributed by atoms with van der Waals surface area (Å²) in [4.78, 5) is 14.6. The average Bonchev–Trinajstić information content (AvgIpc) is 2.28. The van der Waals surface area contributed by atoms with Crippen LogP contribution in [0.4, 0.5) is 0 Å². The summed E-state index contributed by atoms with van der Waals surface area (Å²) in [5.74, 6) is -0.388. The molecule has 0 aliphatic heterocycles. The van der Waals surface area contributed by atoms with E-state index in [0.29, 0.717) is 0 Å². The van der Waals surface area contributed by atoms with Crippen molar-refractivity contribution < 1.29 is 35.0 Å². The summed E-state index contributed by atoms with van der Waals surface area (Å²) in [6.45, 7) is 0.534. The highest BCUT2D eigenvalue weighted by Crippen LogP contribution is 1.78. The molecule has 0 aliphatic carbocycles. The molecular weight excluding hydrogens is 404 g/mol. The molecule has 0 aliphatic rings. The number of nitrogens with zero attached hydrogens (tertiary/aromatic N) is 4. The van der Waals surface area contributed by atoms with E-state index in [9.17, 15) is 0 Å². The van der Waals surface area contributed by atoms with Crippen molar-refractivity contribution in [2.75, 3.05) is 13.1 Å². The van der Waals surface area contributed by atoms with Gasteiger partial charge in [0.15, 0.2) is 11.9 Å². The van der Waals surface area contributed by atoms with E-state index in [0.717, 1.165) is 0 Å². The first kappa shape index (κ1) is 28.0. The Labute approximate surface area is 147 Å². The van der Waals surface area contributed by atoms with Gasteiger partial charge in [0.05, 0.1) is 13.1 Å². The molecule has 26 heavy (non-hydrogen) atoms. The number of hydrogen-bond acceptors (Lipinski definition) is 6. The summed E-state index contributed by atoms with van der Waals surface area (Å²) >= 11 is 0. The summed E-state index contributed by atoms with van der Waals surface area (Å²) in [5, 5.41) is 0. The first-order valence-electron chi connectivity index (χ1n) is 5.60. The molecule has 0 aromatic rings. The predicted octanol–water partition coefficient (Wildman–Crippen LogP) is -5.14. The summed E-state index contributed by atoms with van der Waals surface area (Å²) < 4.78 is 63.2. The minimum atomic E-state index is -4.67. The van der Waals surface area contributed by atoms with Crippen LogP contribution in [0, 0.1) is 0 Å². The largest absolute Gasteiger partial charge is 0.394 e. The highest BCUT2D eigenvalue weighted by Gasteiger charge is 1.90. The van der Waals surface area contributed by atoms with E-state index in [1.165, 1.54) is 0 Å². The predicted molar refractivity (Wildman–Crippen MR) is 93.0 cm³/mol. The summed E-state index contributed by atoms with van der Waals surface area (Å²) in [6, 6.07) is 0. The number of nitrogens with two attached hydrogens (primary N) is 6. The molecule has 0 amide bonds. The van der Waals surface area contributed by atoms with Crippen LogP contribution >= 0.6 is 0 Å². The second-order valence-corrected chi connectivity index (χ2v) is 5.24. The van der Waals surface area contributed by atoms with E-state index in [1.54, 1.807) is 0 Å². The van der Waals surface area contributed by atoms with Crippen LogP contribution in [0.1, 0.15) is 0 Å². The van der Waals surface area contributed by atoms with E-state index in [-0.39, 0.29) is 36.9 Å². The molecule has 18 nitrogen and oxygen atoms in total. The Kier molecular flexibility index (Phi) is 14.6. The summed E-state index contributed by atoms with van der Waals surface area (Å²) in [5.41, 5.74) is 31.0. The molecule has 0 saturated carbocycles. The van der Waals surface area contributed by atoms with Crippen molar-refractivity contribution in [1.29, 1.82) is 0 Å². The third kappa shape index (κ3) is 58.1. The van der Waals surface area contributed by atoms with Gasteiger partial charge < -0.3 is 34.4 Å². The average molecular weight is 424 g/mol. The fourth-order valence-corrected chi connectivity index (χ4v) is 0.664. The third-order valence-corrected chi connectivity index (χ3v) is 1.13. The van der Waals surface area contributed by atoms with E-state index in [1.807, 2.05) is 0 Å². The molecule has 0 saturated heterocycles.